The molecule has 0 spiro atoms. The van der Waals surface area contributed by atoms with Crippen molar-refractivity contribution in [3.8, 4) is 0 Å². The first-order valence-electron chi connectivity index (χ1n) is 16.8. The van der Waals surface area contributed by atoms with E-state index in [4.69, 9.17) is 32.7 Å². The van der Waals surface area contributed by atoms with Crippen LogP contribution in [0.15, 0.2) is 30.9 Å². The van der Waals surface area contributed by atoms with Crippen molar-refractivity contribution in [2.45, 2.75) is 90.7 Å². The minimum Gasteiger partial charge on any atom is -0.464 e. The van der Waals surface area contributed by atoms with E-state index in [1.807, 2.05) is 0 Å². The summed E-state index contributed by atoms with van der Waals surface area (Å²) >= 11 is 11.5. The van der Waals surface area contributed by atoms with Gasteiger partial charge in [-0.15, -0.1) is 0 Å². The molecule has 6 rings (SSSR count). The van der Waals surface area contributed by atoms with Gasteiger partial charge in [-0.1, -0.05) is 29.3 Å². The molecular formula is C34H43Cl2N5O10. The lowest BCUT2D eigenvalue weighted by atomic mass is 9.99. The van der Waals surface area contributed by atoms with Crippen molar-refractivity contribution in [1.29, 1.82) is 0 Å². The zero-order valence-corrected chi connectivity index (χ0v) is 30.3. The monoisotopic (exact) mass is 751 g/mol. The number of rotatable bonds is 12. The van der Waals surface area contributed by atoms with Crippen LogP contribution >= 0.6 is 23.2 Å². The number of hydrogen-bond acceptors (Lipinski definition) is 12. The second-order valence-corrected chi connectivity index (χ2v) is 12.5. The molecule has 2 N–H and O–H groups in total. The minimum absolute atomic E-state index is 0.0317. The molecule has 3 atom stereocenters. The molecule has 15 nitrogen and oxygen atoms in total. The molecular weight excluding hydrogens is 709 g/mol. The summed E-state index contributed by atoms with van der Waals surface area (Å²) < 4.78 is 27.2. The fraction of sp³-hybridized carbons (Fsp3) is 0.529. The molecule has 51 heavy (non-hydrogen) atoms. The molecule has 1 aliphatic heterocycles. The van der Waals surface area contributed by atoms with Crippen molar-refractivity contribution >= 4 is 52.9 Å². The lowest BCUT2D eigenvalue weighted by Gasteiger charge is -2.19. The van der Waals surface area contributed by atoms with Crippen LogP contribution in [0.3, 0.4) is 0 Å². The highest BCUT2D eigenvalue weighted by Crippen LogP contribution is 2.38. The van der Waals surface area contributed by atoms with E-state index in [1.165, 1.54) is 50.2 Å². The fourth-order valence-corrected chi connectivity index (χ4v) is 5.89. The number of carbonyl (C=O) groups excluding carboxylic acids is 4. The predicted octanol–water partition coefficient (Wildman–Crippen LogP) is 4.10. The zero-order valence-electron chi connectivity index (χ0n) is 28.8. The Morgan fingerprint density at radius 1 is 0.863 bits per heavy atom. The third-order valence-electron chi connectivity index (χ3n) is 7.86. The number of hydrogen-bond donors (Lipinski definition) is 2. The number of epoxide rings is 1. The van der Waals surface area contributed by atoms with Gasteiger partial charge in [-0.2, -0.15) is 10.2 Å². The van der Waals surface area contributed by atoms with Crippen LogP contribution in [-0.2, 0) is 76.8 Å². The van der Waals surface area contributed by atoms with Gasteiger partial charge in [0, 0.05) is 12.4 Å². The average molecular weight is 753 g/mol. The molecule has 3 aromatic rings. The van der Waals surface area contributed by atoms with Crippen LogP contribution in [0.1, 0.15) is 55.9 Å². The van der Waals surface area contributed by atoms with Crippen molar-refractivity contribution in [1.82, 2.24) is 19.6 Å². The first kappa shape index (κ1) is 39.6. The summed E-state index contributed by atoms with van der Waals surface area (Å²) in [6, 6.07) is 2.30. The molecule has 1 fully saturated rings. The second-order valence-electron chi connectivity index (χ2n) is 11.6. The Bertz CT molecular complexity index is 1630. The largest absolute Gasteiger partial charge is 0.464 e. The van der Waals surface area contributed by atoms with Crippen LogP contribution in [0.5, 0.6) is 0 Å². The number of amides is 1. The van der Waals surface area contributed by atoms with Gasteiger partial charge in [0.25, 0.3) is 0 Å². The maximum absolute atomic E-state index is 12.7. The maximum Gasteiger partial charge on any atom is 0.412 e. The number of carbonyl (C=O) groups is 4. The summed E-state index contributed by atoms with van der Waals surface area (Å²) in [4.78, 5) is 46.5. The number of nitrogens with zero attached hydrogens (tertiary/aromatic N) is 4. The molecule has 1 aromatic carbocycles. The van der Waals surface area contributed by atoms with Crippen LogP contribution in [0.2, 0.25) is 10.0 Å². The molecule has 0 saturated carbocycles. The smallest absolute Gasteiger partial charge is 0.412 e. The van der Waals surface area contributed by atoms with Gasteiger partial charge in [0.2, 0.25) is 6.10 Å². The molecule has 3 heterocycles. The number of aryl methyl sites for hydroxylation is 2. The van der Waals surface area contributed by atoms with E-state index in [0.717, 1.165) is 44.2 Å². The first-order chi connectivity index (χ1) is 24.5. The summed E-state index contributed by atoms with van der Waals surface area (Å²) in [7, 11) is 0. The van der Waals surface area contributed by atoms with E-state index >= 15 is 0 Å². The predicted molar refractivity (Wildman–Crippen MR) is 185 cm³/mol. The summed E-state index contributed by atoms with van der Waals surface area (Å²) in [6.45, 7) is 6.66. The minimum atomic E-state index is -1.20. The molecule has 0 unspecified atom stereocenters. The Labute approximate surface area is 305 Å². The van der Waals surface area contributed by atoms with Gasteiger partial charge in [-0.05, 0) is 81.5 Å². The fourth-order valence-electron chi connectivity index (χ4n) is 5.58. The highest BCUT2D eigenvalue weighted by Gasteiger charge is 2.32. The molecule has 0 radical (unpaired) electrons. The van der Waals surface area contributed by atoms with Crippen LogP contribution in [0, 0.1) is 0 Å². The summed E-state index contributed by atoms with van der Waals surface area (Å²) in [6.07, 6.45) is 8.91. The molecule has 278 valence electrons. The average Bonchev–Trinajstić information content (AvgIpc) is 3.40. The lowest BCUT2D eigenvalue weighted by Crippen LogP contribution is -2.35. The summed E-state index contributed by atoms with van der Waals surface area (Å²) in [5.74, 6) is -1.50. The first-order valence-corrected chi connectivity index (χ1v) is 17.6. The lowest BCUT2D eigenvalue weighted by molar-refractivity contribution is -0.154. The van der Waals surface area contributed by atoms with Gasteiger partial charge >= 0.3 is 24.0 Å². The normalized spacial score (nSPS) is 16.2. The van der Waals surface area contributed by atoms with Gasteiger partial charge in [0.1, 0.15) is 0 Å². The van der Waals surface area contributed by atoms with E-state index in [-0.39, 0.29) is 38.4 Å². The Morgan fingerprint density at radius 3 is 1.88 bits per heavy atom. The number of aliphatic hydroxyl groups excluding tert-OH is 1. The van der Waals surface area contributed by atoms with Gasteiger partial charge in [0.05, 0.1) is 67.6 Å². The molecule has 3 aliphatic rings. The Balaban J connectivity index is 0.000000218. The number of halogens is 2. The zero-order chi connectivity index (χ0) is 36.9. The summed E-state index contributed by atoms with van der Waals surface area (Å²) in [5, 5.41) is 21.0. The topological polar surface area (TPSA) is 186 Å². The Kier molecular flexibility index (Phi) is 15.1. The van der Waals surface area contributed by atoms with Crippen molar-refractivity contribution in [3.63, 3.8) is 0 Å². The van der Waals surface area contributed by atoms with Crippen LogP contribution in [-0.4, -0.2) is 93.4 Å². The van der Waals surface area contributed by atoms with Gasteiger partial charge in [0.15, 0.2) is 12.2 Å². The Morgan fingerprint density at radius 2 is 1.39 bits per heavy atom. The van der Waals surface area contributed by atoms with E-state index in [0.29, 0.717) is 23.3 Å². The van der Waals surface area contributed by atoms with Crippen LogP contribution < -0.4 is 5.32 Å². The molecule has 1 saturated heterocycles. The van der Waals surface area contributed by atoms with Gasteiger partial charge < -0.3 is 28.8 Å². The van der Waals surface area contributed by atoms with Crippen molar-refractivity contribution in [3.05, 3.63) is 63.2 Å². The van der Waals surface area contributed by atoms with Gasteiger partial charge in [-0.3, -0.25) is 14.7 Å². The number of esters is 3. The van der Waals surface area contributed by atoms with E-state index in [1.54, 1.807) is 27.0 Å². The third kappa shape index (κ3) is 11.9. The van der Waals surface area contributed by atoms with Gasteiger partial charge in [-0.25, -0.2) is 19.2 Å². The number of benzene rings is 1. The van der Waals surface area contributed by atoms with E-state index in [2.05, 4.69) is 35.8 Å². The van der Waals surface area contributed by atoms with Crippen molar-refractivity contribution in [2.75, 3.05) is 31.7 Å². The second kappa shape index (κ2) is 19.4. The number of fused-ring (bicyclic) bond motifs is 2. The quantitative estimate of drug-likeness (QED) is 0.154. The third-order valence-corrected chi connectivity index (χ3v) is 8.25. The molecule has 2 aliphatic carbocycles. The molecule has 1 amide bonds. The van der Waals surface area contributed by atoms with E-state index in [9.17, 15) is 24.3 Å². The highest BCUT2D eigenvalue weighted by molar-refractivity contribution is 6.30. The number of anilines is 1. The number of nitrogens with one attached hydrogen (secondary N) is 1. The molecule has 0 bridgehead atoms. The molecule has 2 aromatic heterocycles. The highest BCUT2D eigenvalue weighted by atomic mass is 35.5. The number of aromatic nitrogens is 4. The standard InChI is InChI=1S/C21H24ClN3O4.C8H11ClN2O3.C5H8O3/c1-2-28-20(26)18(12-25-11-15(22)10-23-25)29-21(27)24-19-16-7-3-5-13(16)9-14-6-4-8-17(14)19;1-2-14-8(13)7(12)5-11-4-6(9)3-10-11;1-2-7-5(6)4-3-8-4/h9-11,18H,2-8,12H2,1H3,(H,24,27);3-4,7,12H,2,5H2,1H3;4H,2-3H2,1H3/t18-;7-;4-/m111/s1. The van der Waals surface area contributed by atoms with Crippen LogP contribution in [0.4, 0.5) is 10.5 Å². The van der Waals surface area contributed by atoms with Crippen molar-refractivity contribution in [2.24, 2.45) is 0 Å². The van der Waals surface area contributed by atoms with E-state index < -0.39 is 30.2 Å². The van der Waals surface area contributed by atoms with Crippen LogP contribution in [0.25, 0.3) is 0 Å². The number of ether oxygens (including phenoxy) is 5. The number of aliphatic hydroxyl groups is 1. The molecule has 17 heteroatoms. The maximum atomic E-state index is 12.7. The van der Waals surface area contributed by atoms with Crippen molar-refractivity contribution < 1.29 is 48.0 Å². The Hall–Kier alpha value is -4.18. The summed E-state index contributed by atoms with van der Waals surface area (Å²) in [5.41, 5.74) is 5.91. The SMILES string of the molecule is CCOC(=O)[C@@H](Cn1cc(Cl)cn1)OC(=O)Nc1c2c(cc3c1CCC3)CCC2.CCOC(=O)[C@H](O)Cn1cc(Cl)cn1.CCOC(=O)[C@H]1CO1.